The third-order valence-corrected chi connectivity index (χ3v) is 2.88. The first kappa shape index (κ1) is 12.3. The average molecular weight is 262 g/mol. The molecule has 0 spiro atoms. The molecular weight excluding hydrogens is 248 g/mol. The van der Waals surface area contributed by atoms with Gasteiger partial charge in [0.15, 0.2) is 5.82 Å². The molecule has 2 aromatic heterocycles. The molecule has 1 aromatic carbocycles. The van der Waals surface area contributed by atoms with Crippen molar-refractivity contribution in [2.75, 3.05) is 5.32 Å². The van der Waals surface area contributed by atoms with E-state index in [1.807, 2.05) is 60.9 Å². The molecule has 0 saturated heterocycles. The van der Waals surface area contributed by atoms with E-state index in [2.05, 4.69) is 20.3 Å². The van der Waals surface area contributed by atoms with Crippen molar-refractivity contribution in [3.05, 3.63) is 72.7 Å². The van der Waals surface area contributed by atoms with Gasteiger partial charge >= 0.3 is 0 Å². The van der Waals surface area contributed by atoms with Crippen LogP contribution in [0.4, 0.5) is 5.82 Å². The highest BCUT2D eigenvalue weighted by Gasteiger charge is 2.00. The molecule has 20 heavy (non-hydrogen) atoms. The van der Waals surface area contributed by atoms with Crippen molar-refractivity contribution in [2.45, 2.75) is 6.54 Å². The van der Waals surface area contributed by atoms with Crippen LogP contribution in [0.5, 0.6) is 0 Å². The Labute approximate surface area is 117 Å². The average Bonchev–Trinajstić information content (AvgIpc) is 2.55. The summed E-state index contributed by atoms with van der Waals surface area (Å²) in [6.45, 7) is 0.659. The summed E-state index contributed by atoms with van der Waals surface area (Å²) in [5, 5.41) is 3.23. The first-order valence-corrected chi connectivity index (χ1v) is 6.43. The Morgan fingerprint density at radius 2 is 1.55 bits per heavy atom. The third kappa shape index (κ3) is 2.98. The van der Waals surface area contributed by atoms with Crippen molar-refractivity contribution in [2.24, 2.45) is 0 Å². The number of nitrogens with one attached hydrogen (secondary N) is 1. The SMILES string of the molecule is c1ccc(-c2ncc(CNc3ccccn3)cn2)cc1. The molecule has 4 heteroatoms. The lowest BCUT2D eigenvalue weighted by Crippen LogP contribution is -2.02. The Morgan fingerprint density at radius 3 is 2.25 bits per heavy atom. The largest absolute Gasteiger partial charge is 0.366 e. The van der Waals surface area contributed by atoms with E-state index in [9.17, 15) is 0 Å². The molecule has 0 aliphatic carbocycles. The fourth-order valence-electron chi connectivity index (χ4n) is 1.84. The van der Waals surface area contributed by atoms with E-state index in [-0.39, 0.29) is 0 Å². The third-order valence-electron chi connectivity index (χ3n) is 2.88. The zero-order valence-electron chi connectivity index (χ0n) is 10.9. The van der Waals surface area contributed by atoms with Gasteiger partial charge in [0.25, 0.3) is 0 Å². The number of hydrogen-bond acceptors (Lipinski definition) is 4. The highest BCUT2D eigenvalue weighted by molar-refractivity contribution is 5.54. The monoisotopic (exact) mass is 262 g/mol. The lowest BCUT2D eigenvalue weighted by Gasteiger charge is -2.05. The summed E-state index contributed by atoms with van der Waals surface area (Å²) in [5.74, 6) is 1.59. The van der Waals surface area contributed by atoms with Crippen molar-refractivity contribution in [3.63, 3.8) is 0 Å². The van der Waals surface area contributed by atoms with E-state index in [1.54, 1.807) is 6.20 Å². The molecule has 0 unspecified atom stereocenters. The number of anilines is 1. The molecule has 0 aliphatic rings. The summed E-state index contributed by atoms with van der Waals surface area (Å²) in [6, 6.07) is 15.7. The van der Waals surface area contributed by atoms with Gasteiger partial charge in [0, 0.05) is 36.3 Å². The molecule has 0 aliphatic heterocycles. The van der Waals surface area contributed by atoms with Crippen molar-refractivity contribution < 1.29 is 0 Å². The Morgan fingerprint density at radius 1 is 0.800 bits per heavy atom. The van der Waals surface area contributed by atoms with Crippen LogP contribution in [0.1, 0.15) is 5.56 Å². The van der Waals surface area contributed by atoms with Crippen LogP contribution in [-0.4, -0.2) is 15.0 Å². The Hall–Kier alpha value is -2.75. The molecule has 2 heterocycles. The highest BCUT2D eigenvalue weighted by Crippen LogP contribution is 2.13. The molecule has 0 radical (unpaired) electrons. The van der Waals surface area contributed by atoms with E-state index in [0.29, 0.717) is 6.54 Å². The zero-order chi connectivity index (χ0) is 13.6. The summed E-state index contributed by atoms with van der Waals surface area (Å²) < 4.78 is 0. The van der Waals surface area contributed by atoms with Gasteiger partial charge in [0.05, 0.1) is 0 Å². The maximum absolute atomic E-state index is 4.39. The van der Waals surface area contributed by atoms with Crippen LogP contribution >= 0.6 is 0 Å². The molecule has 0 atom stereocenters. The van der Waals surface area contributed by atoms with E-state index < -0.39 is 0 Å². The molecule has 0 amide bonds. The minimum absolute atomic E-state index is 0.659. The van der Waals surface area contributed by atoms with Gasteiger partial charge in [-0.25, -0.2) is 15.0 Å². The van der Waals surface area contributed by atoms with Crippen molar-refractivity contribution in [3.8, 4) is 11.4 Å². The maximum Gasteiger partial charge on any atom is 0.159 e. The number of hydrogen-bond donors (Lipinski definition) is 1. The molecule has 1 N–H and O–H groups in total. The summed E-state index contributed by atoms with van der Waals surface area (Å²) in [5.41, 5.74) is 2.05. The number of pyridine rings is 1. The summed E-state index contributed by atoms with van der Waals surface area (Å²) in [6.07, 6.45) is 5.44. The summed E-state index contributed by atoms with van der Waals surface area (Å²) >= 11 is 0. The van der Waals surface area contributed by atoms with E-state index in [4.69, 9.17) is 0 Å². The molecular formula is C16H14N4. The number of rotatable bonds is 4. The van der Waals surface area contributed by atoms with Gasteiger partial charge in [0.1, 0.15) is 5.82 Å². The second-order valence-electron chi connectivity index (χ2n) is 4.35. The van der Waals surface area contributed by atoms with Gasteiger partial charge in [-0.05, 0) is 12.1 Å². The summed E-state index contributed by atoms with van der Waals surface area (Å²) in [4.78, 5) is 13.0. The Bertz CT molecular complexity index is 651. The predicted molar refractivity (Wildman–Crippen MR) is 79.0 cm³/mol. The van der Waals surface area contributed by atoms with Crippen LogP contribution in [0.2, 0.25) is 0 Å². The molecule has 3 aromatic rings. The summed E-state index contributed by atoms with van der Waals surface area (Å²) in [7, 11) is 0. The van der Waals surface area contributed by atoms with Crippen LogP contribution in [0.15, 0.2) is 67.1 Å². The topological polar surface area (TPSA) is 50.7 Å². The van der Waals surface area contributed by atoms with Crippen molar-refractivity contribution in [1.29, 1.82) is 0 Å². The highest BCUT2D eigenvalue weighted by atomic mass is 15.0. The van der Waals surface area contributed by atoms with E-state index >= 15 is 0 Å². The molecule has 4 nitrogen and oxygen atoms in total. The van der Waals surface area contributed by atoms with Crippen LogP contribution in [0.25, 0.3) is 11.4 Å². The lowest BCUT2D eigenvalue weighted by atomic mass is 10.2. The van der Waals surface area contributed by atoms with Gasteiger partial charge in [-0.3, -0.25) is 0 Å². The molecule has 0 saturated carbocycles. The Balaban J connectivity index is 1.68. The quantitative estimate of drug-likeness (QED) is 0.784. The first-order valence-electron chi connectivity index (χ1n) is 6.43. The fourth-order valence-corrected chi connectivity index (χ4v) is 1.84. The smallest absolute Gasteiger partial charge is 0.159 e. The molecule has 98 valence electrons. The second-order valence-corrected chi connectivity index (χ2v) is 4.35. The van der Waals surface area contributed by atoms with Crippen LogP contribution in [-0.2, 0) is 6.54 Å². The lowest BCUT2D eigenvalue weighted by molar-refractivity contribution is 1.04. The zero-order valence-corrected chi connectivity index (χ0v) is 10.9. The normalized spacial score (nSPS) is 10.2. The minimum Gasteiger partial charge on any atom is -0.366 e. The molecule has 0 fully saturated rings. The number of nitrogens with zero attached hydrogens (tertiary/aromatic N) is 3. The standard InChI is InChI=1S/C16H14N4/c1-2-6-14(7-3-1)16-19-11-13(12-20-16)10-18-15-8-4-5-9-17-15/h1-9,11-12H,10H2,(H,17,18). The molecule has 3 rings (SSSR count). The van der Waals surface area contributed by atoms with Crippen LogP contribution < -0.4 is 5.32 Å². The van der Waals surface area contributed by atoms with Gasteiger partial charge in [-0.2, -0.15) is 0 Å². The predicted octanol–water partition coefficient (Wildman–Crippen LogP) is 3.15. The van der Waals surface area contributed by atoms with E-state index in [1.165, 1.54) is 0 Å². The second kappa shape index (κ2) is 5.93. The first-order chi connectivity index (χ1) is 9.92. The Kier molecular flexibility index (Phi) is 3.64. The molecule has 0 bridgehead atoms. The van der Waals surface area contributed by atoms with Gasteiger partial charge < -0.3 is 5.32 Å². The van der Waals surface area contributed by atoms with Crippen molar-refractivity contribution >= 4 is 5.82 Å². The van der Waals surface area contributed by atoms with Crippen LogP contribution in [0, 0.1) is 0 Å². The fraction of sp³-hybridized carbons (Fsp3) is 0.0625. The van der Waals surface area contributed by atoms with Gasteiger partial charge in [-0.15, -0.1) is 0 Å². The van der Waals surface area contributed by atoms with Gasteiger partial charge in [-0.1, -0.05) is 36.4 Å². The number of aromatic nitrogens is 3. The van der Waals surface area contributed by atoms with Crippen molar-refractivity contribution in [1.82, 2.24) is 15.0 Å². The maximum atomic E-state index is 4.39. The van der Waals surface area contributed by atoms with Gasteiger partial charge in [0.2, 0.25) is 0 Å². The minimum atomic E-state index is 0.659. The number of benzene rings is 1. The van der Waals surface area contributed by atoms with E-state index in [0.717, 1.165) is 22.8 Å². The van der Waals surface area contributed by atoms with Crippen LogP contribution in [0.3, 0.4) is 0 Å².